The summed E-state index contributed by atoms with van der Waals surface area (Å²) in [5.74, 6) is -0.932. The van der Waals surface area contributed by atoms with Gasteiger partial charge in [-0.15, -0.1) is 0 Å². The Morgan fingerprint density at radius 2 is 1.51 bits per heavy atom. The van der Waals surface area contributed by atoms with Crippen LogP contribution in [-0.2, 0) is 14.4 Å². The number of nitrogens with zero attached hydrogens (tertiary/aromatic N) is 1. The first kappa shape index (κ1) is 32.8. The summed E-state index contributed by atoms with van der Waals surface area (Å²) in [6, 6.07) is -0.645. The predicted octanol–water partition coefficient (Wildman–Crippen LogP) is 7.81. The van der Waals surface area contributed by atoms with E-state index in [-0.39, 0.29) is 0 Å². The number of carbonyl (C=O) groups excluding carboxylic acids is 4. The van der Waals surface area contributed by atoms with Crippen molar-refractivity contribution >= 4 is 24.1 Å². The zero-order valence-corrected chi connectivity index (χ0v) is 24.0. The van der Waals surface area contributed by atoms with Crippen molar-refractivity contribution in [1.29, 1.82) is 0 Å². The molecule has 4 amide bonds. The highest BCUT2D eigenvalue weighted by atomic mass is 16.2. The topological polar surface area (TPSA) is 83.6 Å². The van der Waals surface area contributed by atoms with Gasteiger partial charge in [0, 0.05) is 7.05 Å². The van der Waals surface area contributed by atoms with Crippen molar-refractivity contribution in [3.05, 3.63) is 23.3 Å². The molecule has 0 spiro atoms. The van der Waals surface area contributed by atoms with Crippen LogP contribution < -0.4 is 5.32 Å². The SMILES string of the molecule is CCCCCCCCC/C=C(/C=O)CCCCCCC.CN1C(=O)NC(=O)C(C)(C2=CCCCC2)C1=O. The summed E-state index contributed by atoms with van der Waals surface area (Å²) in [6.07, 6.45) is 26.8. The summed E-state index contributed by atoms with van der Waals surface area (Å²) < 4.78 is 0. The second-order valence-corrected chi connectivity index (χ2v) is 10.7. The number of urea groups is 1. The van der Waals surface area contributed by atoms with Gasteiger partial charge < -0.3 is 0 Å². The van der Waals surface area contributed by atoms with Gasteiger partial charge in [-0.05, 0) is 69.4 Å². The largest absolute Gasteiger partial charge is 0.330 e. The third-order valence-corrected chi connectivity index (χ3v) is 7.58. The molecule has 0 aromatic carbocycles. The zero-order valence-electron chi connectivity index (χ0n) is 24.0. The van der Waals surface area contributed by atoms with E-state index >= 15 is 0 Å². The fraction of sp³-hybridized carbons (Fsp3) is 0.742. The Hall–Kier alpha value is -2.24. The highest BCUT2D eigenvalue weighted by molar-refractivity contribution is 6.20. The summed E-state index contributed by atoms with van der Waals surface area (Å²) >= 11 is 0. The van der Waals surface area contributed by atoms with E-state index in [0.29, 0.717) is 0 Å². The van der Waals surface area contributed by atoms with Gasteiger partial charge in [0.2, 0.25) is 11.8 Å². The molecule has 1 fully saturated rings. The third-order valence-electron chi connectivity index (χ3n) is 7.58. The van der Waals surface area contributed by atoms with Crippen molar-refractivity contribution in [2.24, 2.45) is 5.41 Å². The van der Waals surface area contributed by atoms with Gasteiger partial charge in [-0.25, -0.2) is 4.79 Å². The maximum atomic E-state index is 12.2. The van der Waals surface area contributed by atoms with Crippen LogP contribution in [0.3, 0.4) is 0 Å². The van der Waals surface area contributed by atoms with Crippen LogP contribution in [-0.4, -0.2) is 36.1 Å². The smallest absolute Gasteiger partial charge is 0.298 e. The van der Waals surface area contributed by atoms with Crippen LogP contribution in [0.15, 0.2) is 23.3 Å². The van der Waals surface area contributed by atoms with Gasteiger partial charge in [-0.1, -0.05) is 90.2 Å². The lowest BCUT2D eigenvalue weighted by Crippen LogP contribution is -2.62. The van der Waals surface area contributed by atoms with Gasteiger partial charge in [0.15, 0.2) is 0 Å². The molecule has 0 aromatic heterocycles. The third kappa shape index (κ3) is 11.4. The Balaban J connectivity index is 0.000000373. The van der Waals surface area contributed by atoms with Crippen LogP contribution in [0.1, 0.15) is 136 Å². The van der Waals surface area contributed by atoms with Gasteiger partial charge in [0.05, 0.1) is 0 Å². The molecule has 6 nitrogen and oxygen atoms in total. The van der Waals surface area contributed by atoms with Crippen LogP contribution in [0.4, 0.5) is 4.79 Å². The van der Waals surface area contributed by atoms with Crippen molar-refractivity contribution in [1.82, 2.24) is 10.2 Å². The fourth-order valence-electron chi connectivity index (χ4n) is 4.94. The summed E-state index contributed by atoms with van der Waals surface area (Å²) in [6.45, 7) is 6.10. The molecule has 1 atom stereocenters. The summed E-state index contributed by atoms with van der Waals surface area (Å²) in [5.41, 5.74) is 0.668. The highest BCUT2D eigenvalue weighted by Crippen LogP contribution is 2.37. The Morgan fingerprint density at radius 3 is 2.08 bits per heavy atom. The molecular weight excluding hydrogens is 464 g/mol. The number of amides is 4. The van der Waals surface area contributed by atoms with E-state index in [2.05, 4.69) is 25.2 Å². The minimum absolute atomic E-state index is 0.431. The Kier molecular flexibility index (Phi) is 16.8. The lowest BCUT2D eigenvalue weighted by Gasteiger charge is -2.37. The molecule has 1 heterocycles. The number of aldehydes is 1. The van der Waals surface area contributed by atoms with Gasteiger partial charge in [-0.2, -0.15) is 0 Å². The van der Waals surface area contributed by atoms with E-state index in [0.717, 1.165) is 60.9 Å². The van der Waals surface area contributed by atoms with Crippen LogP contribution in [0.25, 0.3) is 0 Å². The molecule has 0 saturated carbocycles. The number of rotatable bonds is 16. The normalized spacial score (nSPS) is 20.2. The fourth-order valence-corrected chi connectivity index (χ4v) is 4.94. The van der Waals surface area contributed by atoms with Gasteiger partial charge in [-0.3, -0.25) is 24.6 Å². The van der Waals surface area contributed by atoms with Crippen molar-refractivity contribution in [2.75, 3.05) is 7.05 Å². The van der Waals surface area contributed by atoms with E-state index < -0.39 is 23.3 Å². The summed E-state index contributed by atoms with van der Waals surface area (Å²) in [4.78, 5) is 47.4. The monoisotopic (exact) mass is 516 g/mol. The van der Waals surface area contributed by atoms with E-state index in [1.54, 1.807) is 6.92 Å². The first-order valence-electron chi connectivity index (χ1n) is 14.8. The molecule has 1 aliphatic carbocycles. The molecular formula is C31H52N2O4. The molecule has 1 unspecified atom stereocenters. The van der Waals surface area contributed by atoms with Crippen LogP contribution >= 0.6 is 0 Å². The van der Waals surface area contributed by atoms with Crippen molar-refractivity contribution < 1.29 is 19.2 Å². The van der Waals surface area contributed by atoms with Crippen LogP contribution in [0.5, 0.6) is 0 Å². The molecule has 210 valence electrons. The minimum Gasteiger partial charge on any atom is -0.298 e. The number of nitrogens with one attached hydrogen (secondary N) is 1. The first-order chi connectivity index (χ1) is 17.8. The van der Waals surface area contributed by atoms with Gasteiger partial charge in [0.25, 0.3) is 0 Å². The predicted molar refractivity (Wildman–Crippen MR) is 151 cm³/mol. The molecule has 1 saturated heterocycles. The van der Waals surface area contributed by atoms with Crippen LogP contribution in [0, 0.1) is 5.41 Å². The molecule has 0 aromatic rings. The molecule has 2 aliphatic rings. The number of carbonyl (C=O) groups is 4. The number of imide groups is 2. The molecule has 1 N–H and O–H groups in total. The summed E-state index contributed by atoms with van der Waals surface area (Å²) in [5, 5.41) is 2.23. The molecule has 1 aliphatic heterocycles. The van der Waals surface area contributed by atoms with E-state index in [1.165, 1.54) is 84.1 Å². The molecule has 0 bridgehead atoms. The number of hydrogen-bond donors (Lipinski definition) is 1. The number of unbranched alkanes of at least 4 members (excludes halogenated alkanes) is 11. The Morgan fingerprint density at radius 1 is 0.919 bits per heavy atom. The average Bonchev–Trinajstić information content (AvgIpc) is 2.91. The number of barbiturate groups is 1. The van der Waals surface area contributed by atoms with E-state index in [9.17, 15) is 19.2 Å². The van der Waals surface area contributed by atoms with Gasteiger partial charge in [0.1, 0.15) is 11.7 Å². The van der Waals surface area contributed by atoms with Gasteiger partial charge >= 0.3 is 6.03 Å². The Bertz CT molecular complexity index is 786. The average molecular weight is 517 g/mol. The van der Waals surface area contributed by atoms with Crippen LogP contribution in [0.2, 0.25) is 0 Å². The lowest BCUT2D eigenvalue weighted by molar-refractivity contribution is -0.146. The summed E-state index contributed by atoms with van der Waals surface area (Å²) in [7, 11) is 1.39. The molecule has 6 heteroatoms. The second kappa shape index (κ2) is 18.9. The van der Waals surface area contributed by atoms with Crippen molar-refractivity contribution in [3.63, 3.8) is 0 Å². The Labute approximate surface area is 225 Å². The molecule has 0 radical (unpaired) electrons. The lowest BCUT2D eigenvalue weighted by atomic mass is 9.74. The van der Waals surface area contributed by atoms with Crippen molar-refractivity contribution in [2.45, 2.75) is 136 Å². The molecule has 37 heavy (non-hydrogen) atoms. The first-order valence-corrected chi connectivity index (χ1v) is 14.8. The maximum absolute atomic E-state index is 12.2. The second-order valence-electron chi connectivity index (χ2n) is 10.7. The number of allylic oxidation sites excluding steroid dienone is 3. The number of hydrogen-bond acceptors (Lipinski definition) is 4. The van der Waals surface area contributed by atoms with E-state index in [4.69, 9.17) is 0 Å². The van der Waals surface area contributed by atoms with Crippen molar-refractivity contribution in [3.8, 4) is 0 Å². The molecule has 2 rings (SSSR count). The standard InChI is InChI=1S/C19H36O.C12H16N2O3/c1-3-5-7-9-10-11-13-15-17-19(18-20)16-14-12-8-6-4-2;1-12(8-6-4-3-5-7-8)9(15)13-11(17)14(2)10(12)16/h17-18H,3-16H2,1-2H3;6H,3-5,7H2,1-2H3,(H,13,15,17)/b19-17+;. The van der Waals surface area contributed by atoms with E-state index in [1.807, 2.05) is 6.08 Å². The zero-order chi connectivity index (χ0) is 27.5. The maximum Gasteiger partial charge on any atom is 0.330 e. The highest BCUT2D eigenvalue weighted by Gasteiger charge is 2.51. The minimum atomic E-state index is -1.21. The quantitative estimate of drug-likeness (QED) is 0.0745.